The Bertz CT molecular complexity index is 477. The Hall–Kier alpha value is -1.71. The summed E-state index contributed by atoms with van der Waals surface area (Å²) in [7, 11) is 1.44. The van der Waals surface area contributed by atoms with Crippen LogP contribution in [0, 0.1) is 6.92 Å². The van der Waals surface area contributed by atoms with Crippen molar-refractivity contribution in [2.24, 2.45) is 0 Å². The van der Waals surface area contributed by atoms with Crippen LogP contribution in [0.15, 0.2) is 18.2 Å². The molecule has 0 bridgehead atoms. The summed E-state index contributed by atoms with van der Waals surface area (Å²) in [5.41, 5.74) is 4.03. The lowest BCUT2D eigenvalue weighted by molar-refractivity contribution is 0.121. The molecular formula is C16H24N2O2. The highest BCUT2D eigenvalue weighted by Gasteiger charge is 2.24. The average molecular weight is 276 g/mol. The zero-order valence-corrected chi connectivity index (χ0v) is 12.8. The zero-order chi connectivity index (χ0) is 14.7. The van der Waals surface area contributed by atoms with E-state index in [1.807, 2.05) is 0 Å². The number of rotatable bonds is 2. The van der Waals surface area contributed by atoms with Gasteiger partial charge in [-0.1, -0.05) is 32.0 Å². The number of piperazine rings is 1. The summed E-state index contributed by atoms with van der Waals surface area (Å²) in [6.07, 6.45) is -0.224. The molecule has 20 heavy (non-hydrogen) atoms. The first kappa shape index (κ1) is 14.7. The van der Waals surface area contributed by atoms with Crippen LogP contribution in [0.4, 0.5) is 10.5 Å². The van der Waals surface area contributed by atoms with E-state index in [4.69, 9.17) is 4.74 Å². The molecule has 0 spiro atoms. The highest BCUT2D eigenvalue weighted by molar-refractivity contribution is 5.68. The summed E-state index contributed by atoms with van der Waals surface area (Å²) in [5.74, 6) is 0.503. The predicted octanol–water partition coefficient (Wildman–Crippen LogP) is 3.01. The molecule has 1 aromatic carbocycles. The first-order valence-electron chi connectivity index (χ1n) is 7.22. The van der Waals surface area contributed by atoms with E-state index in [0.717, 1.165) is 26.2 Å². The predicted molar refractivity (Wildman–Crippen MR) is 81.5 cm³/mol. The fraction of sp³-hybridized carbons (Fsp3) is 0.562. The monoisotopic (exact) mass is 276 g/mol. The Labute approximate surface area is 121 Å². The maximum atomic E-state index is 11.5. The quantitative estimate of drug-likeness (QED) is 0.832. The van der Waals surface area contributed by atoms with Gasteiger partial charge in [-0.2, -0.15) is 0 Å². The lowest BCUT2D eigenvalue weighted by Gasteiger charge is -2.37. The van der Waals surface area contributed by atoms with Crippen molar-refractivity contribution in [2.45, 2.75) is 26.7 Å². The fourth-order valence-electron chi connectivity index (χ4n) is 2.82. The van der Waals surface area contributed by atoms with Crippen LogP contribution in [-0.4, -0.2) is 44.3 Å². The number of anilines is 1. The van der Waals surface area contributed by atoms with Crippen LogP contribution >= 0.6 is 0 Å². The van der Waals surface area contributed by atoms with Gasteiger partial charge in [-0.05, 0) is 24.0 Å². The zero-order valence-electron chi connectivity index (χ0n) is 12.8. The molecule has 1 heterocycles. The topological polar surface area (TPSA) is 32.8 Å². The number of hydrogen-bond donors (Lipinski definition) is 0. The molecule has 0 saturated carbocycles. The SMILES string of the molecule is COC(=O)N1CCN(c2c(C)cccc2C(C)C)CC1. The molecule has 1 aromatic rings. The maximum absolute atomic E-state index is 11.5. The summed E-state index contributed by atoms with van der Waals surface area (Å²) in [5, 5.41) is 0. The molecule has 4 heteroatoms. The van der Waals surface area contributed by atoms with Crippen molar-refractivity contribution in [3.63, 3.8) is 0 Å². The van der Waals surface area contributed by atoms with Gasteiger partial charge in [0, 0.05) is 31.9 Å². The molecule has 0 aliphatic carbocycles. The van der Waals surface area contributed by atoms with Gasteiger partial charge in [0.15, 0.2) is 0 Å². The Morgan fingerprint density at radius 1 is 1.20 bits per heavy atom. The van der Waals surface area contributed by atoms with Crippen molar-refractivity contribution in [3.8, 4) is 0 Å². The number of aryl methyl sites for hydroxylation is 1. The molecule has 1 fully saturated rings. The molecule has 0 N–H and O–H groups in total. The normalized spacial score (nSPS) is 15.7. The Morgan fingerprint density at radius 3 is 2.40 bits per heavy atom. The van der Waals surface area contributed by atoms with E-state index in [0.29, 0.717) is 5.92 Å². The second-order valence-electron chi connectivity index (χ2n) is 5.61. The molecule has 1 aliphatic heterocycles. The van der Waals surface area contributed by atoms with Gasteiger partial charge >= 0.3 is 6.09 Å². The van der Waals surface area contributed by atoms with Gasteiger partial charge in [0.2, 0.25) is 0 Å². The van der Waals surface area contributed by atoms with Gasteiger partial charge < -0.3 is 14.5 Å². The lowest BCUT2D eigenvalue weighted by Crippen LogP contribution is -2.49. The summed E-state index contributed by atoms with van der Waals surface area (Å²) in [4.78, 5) is 15.7. The molecule has 1 amide bonds. The minimum atomic E-state index is -0.224. The Kier molecular flexibility index (Phi) is 4.53. The van der Waals surface area contributed by atoms with E-state index in [1.54, 1.807) is 4.90 Å². The molecule has 110 valence electrons. The Morgan fingerprint density at radius 2 is 1.85 bits per heavy atom. The van der Waals surface area contributed by atoms with Crippen LogP contribution in [0.25, 0.3) is 0 Å². The van der Waals surface area contributed by atoms with Gasteiger partial charge in [0.05, 0.1) is 7.11 Å². The summed E-state index contributed by atoms with van der Waals surface area (Å²) < 4.78 is 4.78. The fourth-order valence-corrected chi connectivity index (χ4v) is 2.82. The molecule has 1 saturated heterocycles. The first-order valence-corrected chi connectivity index (χ1v) is 7.22. The van der Waals surface area contributed by atoms with Crippen LogP contribution in [0.2, 0.25) is 0 Å². The van der Waals surface area contributed by atoms with Gasteiger partial charge in [0.1, 0.15) is 0 Å². The van der Waals surface area contributed by atoms with E-state index in [9.17, 15) is 4.79 Å². The third kappa shape index (κ3) is 2.89. The third-order valence-corrected chi connectivity index (χ3v) is 3.92. The molecule has 1 aliphatic rings. The number of para-hydroxylation sites is 1. The average Bonchev–Trinajstić information content (AvgIpc) is 2.46. The lowest BCUT2D eigenvalue weighted by atomic mass is 9.97. The first-order chi connectivity index (χ1) is 9.54. The largest absolute Gasteiger partial charge is 0.453 e. The number of nitrogens with zero attached hydrogens (tertiary/aromatic N) is 2. The van der Waals surface area contributed by atoms with E-state index in [-0.39, 0.29) is 6.09 Å². The van der Waals surface area contributed by atoms with Crippen LogP contribution in [0.5, 0.6) is 0 Å². The second kappa shape index (κ2) is 6.16. The van der Waals surface area contributed by atoms with Gasteiger partial charge in [0.25, 0.3) is 0 Å². The van der Waals surface area contributed by atoms with E-state index in [2.05, 4.69) is 43.9 Å². The van der Waals surface area contributed by atoms with Crippen LogP contribution < -0.4 is 4.90 Å². The molecule has 2 rings (SSSR count). The number of ether oxygens (including phenoxy) is 1. The molecular weight excluding hydrogens is 252 g/mol. The molecule has 0 radical (unpaired) electrons. The smallest absolute Gasteiger partial charge is 0.409 e. The minimum Gasteiger partial charge on any atom is -0.453 e. The maximum Gasteiger partial charge on any atom is 0.409 e. The van der Waals surface area contributed by atoms with Crippen molar-refractivity contribution < 1.29 is 9.53 Å². The van der Waals surface area contributed by atoms with Gasteiger partial charge in [-0.25, -0.2) is 4.79 Å². The molecule has 0 atom stereocenters. The van der Waals surface area contributed by atoms with Crippen LogP contribution in [0.3, 0.4) is 0 Å². The minimum absolute atomic E-state index is 0.224. The standard InChI is InChI=1S/C16H24N2O2/c1-12(2)14-7-5-6-13(3)15(14)17-8-10-18(11-9-17)16(19)20-4/h5-7,12H,8-11H2,1-4H3. The van der Waals surface area contributed by atoms with Crippen molar-refractivity contribution in [1.82, 2.24) is 4.90 Å². The summed E-state index contributed by atoms with van der Waals surface area (Å²) in [6, 6.07) is 6.49. The van der Waals surface area contributed by atoms with Gasteiger partial charge in [-0.3, -0.25) is 0 Å². The molecule has 4 nitrogen and oxygen atoms in total. The number of benzene rings is 1. The highest BCUT2D eigenvalue weighted by Crippen LogP contribution is 2.31. The summed E-state index contributed by atoms with van der Waals surface area (Å²) >= 11 is 0. The van der Waals surface area contributed by atoms with Crippen molar-refractivity contribution in [2.75, 3.05) is 38.2 Å². The number of carbonyl (C=O) groups is 1. The number of hydrogen-bond acceptors (Lipinski definition) is 3. The summed E-state index contributed by atoms with van der Waals surface area (Å²) in [6.45, 7) is 9.77. The van der Waals surface area contributed by atoms with Gasteiger partial charge in [-0.15, -0.1) is 0 Å². The Balaban J connectivity index is 2.17. The van der Waals surface area contributed by atoms with E-state index < -0.39 is 0 Å². The molecule has 0 unspecified atom stereocenters. The van der Waals surface area contributed by atoms with Crippen molar-refractivity contribution in [3.05, 3.63) is 29.3 Å². The van der Waals surface area contributed by atoms with Crippen LogP contribution in [-0.2, 0) is 4.74 Å². The van der Waals surface area contributed by atoms with Crippen LogP contribution in [0.1, 0.15) is 30.9 Å². The van der Waals surface area contributed by atoms with Crippen molar-refractivity contribution >= 4 is 11.8 Å². The van der Waals surface area contributed by atoms with E-state index >= 15 is 0 Å². The van der Waals surface area contributed by atoms with Crippen molar-refractivity contribution in [1.29, 1.82) is 0 Å². The number of amides is 1. The van der Waals surface area contributed by atoms with E-state index in [1.165, 1.54) is 23.9 Å². The number of methoxy groups -OCH3 is 1. The second-order valence-corrected chi connectivity index (χ2v) is 5.61. The highest BCUT2D eigenvalue weighted by atomic mass is 16.5. The molecule has 0 aromatic heterocycles. The number of carbonyl (C=O) groups excluding carboxylic acids is 1. The third-order valence-electron chi connectivity index (χ3n) is 3.92.